The second-order valence-electron chi connectivity index (χ2n) is 9.61. The van der Waals surface area contributed by atoms with E-state index >= 15 is 0 Å². The van der Waals surface area contributed by atoms with Crippen LogP contribution in [0.4, 0.5) is 0 Å². The summed E-state index contributed by atoms with van der Waals surface area (Å²) in [4.78, 5) is 17.8. The van der Waals surface area contributed by atoms with Gasteiger partial charge in [-0.15, -0.1) is 0 Å². The molecule has 0 saturated carbocycles. The van der Waals surface area contributed by atoms with E-state index in [-0.39, 0.29) is 18.0 Å². The van der Waals surface area contributed by atoms with E-state index in [1.165, 1.54) is 11.1 Å². The minimum absolute atomic E-state index is 0.00228. The molecule has 0 heterocycles. The first-order valence-electron chi connectivity index (χ1n) is 12.9. The van der Waals surface area contributed by atoms with E-state index in [1.807, 2.05) is 67.6 Å². The first kappa shape index (κ1) is 26.3. The molecular formula is C33H36N2O2. The van der Waals surface area contributed by atoms with Crippen LogP contribution in [-0.4, -0.2) is 33.9 Å². The van der Waals surface area contributed by atoms with Gasteiger partial charge >= 0.3 is 0 Å². The second-order valence-corrected chi connectivity index (χ2v) is 9.61. The van der Waals surface area contributed by atoms with E-state index in [1.54, 1.807) is 11.9 Å². The highest BCUT2D eigenvalue weighted by molar-refractivity contribution is 5.77. The molecule has 1 N–H and O–H groups in total. The Kier molecular flexibility index (Phi) is 9.25. The van der Waals surface area contributed by atoms with Gasteiger partial charge < -0.3 is 10.0 Å². The molecule has 1 amide bonds. The third-order valence-electron chi connectivity index (χ3n) is 7.05. The molecule has 4 nitrogen and oxygen atoms in total. The minimum atomic E-state index is -0.755. The topological polar surface area (TPSA) is 43.8 Å². The minimum Gasteiger partial charge on any atom is -0.386 e. The van der Waals surface area contributed by atoms with Crippen molar-refractivity contribution in [3.05, 3.63) is 144 Å². The summed E-state index contributed by atoms with van der Waals surface area (Å²) >= 11 is 0. The van der Waals surface area contributed by atoms with Crippen molar-refractivity contribution in [1.82, 2.24) is 9.80 Å². The Labute approximate surface area is 220 Å². The van der Waals surface area contributed by atoms with Crippen LogP contribution < -0.4 is 0 Å². The van der Waals surface area contributed by atoms with Crippen molar-refractivity contribution >= 4 is 5.91 Å². The molecule has 0 aliphatic heterocycles. The maximum atomic E-state index is 13.7. The van der Waals surface area contributed by atoms with E-state index in [0.717, 1.165) is 11.1 Å². The van der Waals surface area contributed by atoms with Crippen LogP contribution in [0.3, 0.4) is 0 Å². The Morgan fingerprint density at radius 1 is 0.676 bits per heavy atom. The monoisotopic (exact) mass is 492 g/mol. The Bertz CT molecular complexity index is 1170. The van der Waals surface area contributed by atoms with Gasteiger partial charge in [0.1, 0.15) is 0 Å². The Hall–Kier alpha value is -3.73. The predicted molar refractivity (Wildman–Crippen MR) is 150 cm³/mol. The molecule has 0 aromatic heterocycles. The summed E-state index contributed by atoms with van der Waals surface area (Å²) in [5, 5.41) is 11.0. The van der Waals surface area contributed by atoms with Gasteiger partial charge in [0.2, 0.25) is 5.91 Å². The highest BCUT2D eigenvalue weighted by Crippen LogP contribution is 2.30. The molecule has 0 unspecified atom stereocenters. The van der Waals surface area contributed by atoms with Gasteiger partial charge in [0, 0.05) is 32.6 Å². The zero-order valence-electron chi connectivity index (χ0n) is 21.7. The lowest BCUT2D eigenvalue weighted by Gasteiger charge is -2.35. The number of hydrogen-bond acceptors (Lipinski definition) is 3. The van der Waals surface area contributed by atoms with Crippen molar-refractivity contribution in [3.63, 3.8) is 0 Å². The van der Waals surface area contributed by atoms with E-state index in [9.17, 15) is 9.90 Å². The molecule has 0 saturated heterocycles. The molecule has 4 heteroatoms. The van der Waals surface area contributed by atoms with Crippen molar-refractivity contribution in [2.75, 3.05) is 7.05 Å². The first-order valence-corrected chi connectivity index (χ1v) is 12.9. The molecule has 3 atom stereocenters. The lowest BCUT2D eigenvalue weighted by atomic mass is 9.98. The number of aliphatic hydroxyl groups excluding tert-OH is 1. The number of benzene rings is 4. The highest BCUT2D eigenvalue weighted by atomic mass is 16.3. The summed E-state index contributed by atoms with van der Waals surface area (Å²) < 4.78 is 0. The molecule has 0 bridgehead atoms. The van der Waals surface area contributed by atoms with E-state index in [2.05, 4.69) is 65.6 Å². The van der Waals surface area contributed by atoms with Crippen molar-refractivity contribution < 1.29 is 9.90 Å². The first-order chi connectivity index (χ1) is 18.0. The number of hydrogen-bond donors (Lipinski definition) is 1. The van der Waals surface area contributed by atoms with Gasteiger partial charge in [0.25, 0.3) is 0 Å². The molecule has 4 aromatic carbocycles. The zero-order chi connectivity index (χ0) is 26.0. The van der Waals surface area contributed by atoms with Gasteiger partial charge in [0.05, 0.1) is 12.1 Å². The van der Waals surface area contributed by atoms with E-state index < -0.39 is 6.10 Å². The smallest absolute Gasteiger partial charge is 0.224 e. The number of likely N-dealkylation sites (N-methyl/N-ethyl adjacent to an activating group) is 1. The van der Waals surface area contributed by atoms with Crippen molar-refractivity contribution in [2.45, 2.75) is 44.6 Å². The van der Waals surface area contributed by atoms with Crippen LogP contribution in [0.5, 0.6) is 0 Å². The molecule has 0 aliphatic carbocycles. The number of carbonyl (C=O) groups is 1. The average Bonchev–Trinajstić information content (AvgIpc) is 2.96. The number of rotatable bonds is 11. The summed E-state index contributed by atoms with van der Waals surface area (Å²) in [6.45, 7) is 3.34. The molecule has 0 fully saturated rings. The lowest BCUT2D eigenvalue weighted by molar-refractivity contribution is -0.135. The normalized spacial score (nSPS) is 13.6. The summed E-state index contributed by atoms with van der Waals surface area (Å²) in [5.74, 6) is 0.00228. The molecule has 0 spiro atoms. The highest BCUT2D eigenvalue weighted by Gasteiger charge is 2.29. The molecule has 4 aromatic rings. The third-order valence-corrected chi connectivity index (χ3v) is 7.05. The molecule has 0 aliphatic rings. The fourth-order valence-electron chi connectivity index (χ4n) is 4.72. The largest absolute Gasteiger partial charge is 0.386 e. The van der Waals surface area contributed by atoms with Crippen molar-refractivity contribution in [1.29, 1.82) is 0 Å². The Morgan fingerprint density at radius 2 is 1.08 bits per heavy atom. The van der Waals surface area contributed by atoms with Crippen molar-refractivity contribution in [3.8, 4) is 0 Å². The number of amides is 1. The summed E-state index contributed by atoms with van der Waals surface area (Å²) in [6.07, 6.45) is -0.443. The van der Waals surface area contributed by atoms with E-state index in [0.29, 0.717) is 19.5 Å². The zero-order valence-corrected chi connectivity index (χ0v) is 21.7. The van der Waals surface area contributed by atoms with Crippen LogP contribution >= 0.6 is 0 Å². The second kappa shape index (κ2) is 13.0. The quantitative estimate of drug-likeness (QED) is 0.263. The summed E-state index contributed by atoms with van der Waals surface area (Å²) in [6, 6.07) is 40.1. The van der Waals surface area contributed by atoms with Gasteiger partial charge in [-0.1, -0.05) is 121 Å². The third kappa shape index (κ3) is 7.16. The van der Waals surface area contributed by atoms with Gasteiger partial charge in [-0.2, -0.15) is 0 Å². The summed E-state index contributed by atoms with van der Waals surface area (Å²) in [5.41, 5.74) is 4.32. The molecule has 37 heavy (non-hydrogen) atoms. The SMILES string of the molecule is C[C@@H]([C@@H](O)c1ccccc1)N(C)C(=O)C[C@H](c1ccccc1)N(Cc1ccccc1)Cc1ccccc1. The van der Waals surface area contributed by atoms with Crippen LogP contribution in [-0.2, 0) is 17.9 Å². The standard InChI is InChI=1S/C33H36N2O2/c1-26(33(37)30-21-13-6-14-22-30)34(2)32(36)23-31(29-19-11-5-12-20-29)35(24-27-15-7-3-8-16-27)25-28-17-9-4-10-18-28/h3-22,26,31,33,37H,23-25H2,1-2H3/t26-,31+,33+/m0/s1. The Balaban J connectivity index is 1.61. The van der Waals surface area contributed by atoms with Gasteiger partial charge in [-0.3, -0.25) is 9.69 Å². The maximum Gasteiger partial charge on any atom is 0.224 e. The Morgan fingerprint density at radius 3 is 1.54 bits per heavy atom. The molecule has 4 rings (SSSR count). The van der Waals surface area contributed by atoms with Gasteiger partial charge in [-0.25, -0.2) is 0 Å². The molecular weight excluding hydrogens is 456 g/mol. The van der Waals surface area contributed by atoms with Crippen LogP contribution in [0.1, 0.15) is 47.7 Å². The predicted octanol–water partition coefficient (Wildman–Crippen LogP) is 6.40. The molecule has 190 valence electrons. The lowest BCUT2D eigenvalue weighted by Crippen LogP contribution is -2.41. The van der Waals surface area contributed by atoms with Crippen LogP contribution in [0.25, 0.3) is 0 Å². The fraction of sp³-hybridized carbons (Fsp3) is 0.242. The summed E-state index contributed by atoms with van der Waals surface area (Å²) in [7, 11) is 1.79. The van der Waals surface area contributed by atoms with Gasteiger partial charge in [0.15, 0.2) is 0 Å². The number of aliphatic hydroxyl groups is 1. The number of nitrogens with zero attached hydrogens (tertiary/aromatic N) is 2. The average molecular weight is 493 g/mol. The van der Waals surface area contributed by atoms with E-state index in [4.69, 9.17) is 0 Å². The van der Waals surface area contributed by atoms with Crippen molar-refractivity contribution in [2.24, 2.45) is 0 Å². The van der Waals surface area contributed by atoms with Crippen LogP contribution in [0.15, 0.2) is 121 Å². The van der Waals surface area contributed by atoms with Crippen LogP contribution in [0, 0.1) is 0 Å². The maximum absolute atomic E-state index is 13.7. The van der Waals surface area contributed by atoms with Gasteiger partial charge in [-0.05, 0) is 29.2 Å². The molecule has 0 radical (unpaired) electrons. The number of carbonyl (C=O) groups excluding carboxylic acids is 1. The van der Waals surface area contributed by atoms with Crippen LogP contribution in [0.2, 0.25) is 0 Å². The fourth-order valence-corrected chi connectivity index (χ4v) is 4.72.